The highest BCUT2D eigenvalue weighted by Crippen LogP contribution is 2.21. The maximum atomic E-state index is 12.2. The van der Waals surface area contributed by atoms with E-state index in [0.29, 0.717) is 9.77 Å². The highest BCUT2D eigenvalue weighted by Gasteiger charge is 2.12. The number of carbonyl (C=O) groups is 1. The normalized spacial score (nSPS) is 13.0. The molecule has 0 bridgehead atoms. The van der Waals surface area contributed by atoms with Gasteiger partial charge in [-0.25, -0.2) is 13.2 Å². The number of aromatic carboxylic acids is 1. The van der Waals surface area contributed by atoms with Crippen molar-refractivity contribution >= 4 is 37.9 Å². The molecule has 0 saturated heterocycles. The maximum absolute atomic E-state index is 12.2. The molecule has 0 spiro atoms. The summed E-state index contributed by atoms with van der Waals surface area (Å²) < 4.78 is 34.9. The Bertz CT molecular complexity index is 787. The molecule has 112 valence electrons. The van der Waals surface area contributed by atoms with E-state index in [9.17, 15) is 17.4 Å². The zero-order chi connectivity index (χ0) is 15.6. The van der Waals surface area contributed by atoms with E-state index in [2.05, 4.69) is 0 Å². The number of sulfone groups is 1. The van der Waals surface area contributed by atoms with E-state index >= 15 is 0 Å². The monoisotopic (exact) mass is 344 g/mol. The Morgan fingerprint density at radius 2 is 1.81 bits per heavy atom. The van der Waals surface area contributed by atoms with Crippen LogP contribution in [0.15, 0.2) is 46.2 Å². The summed E-state index contributed by atoms with van der Waals surface area (Å²) in [5, 5.41) is 8.83. The summed E-state index contributed by atoms with van der Waals surface area (Å²) in [6.07, 6.45) is 1.11. The molecule has 0 fully saturated rings. The molecule has 21 heavy (non-hydrogen) atoms. The molecular weight excluding hydrogens is 332 g/mol. The Morgan fingerprint density at radius 1 is 1.19 bits per heavy atom. The third-order valence-electron chi connectivity index (χ3n) is 2.66. The van der Waals surface area contributed by atoms with Crippen molar-refractivity contribution in [2.75, 3.05) is 6.26 Å². The van der Waals surface area contributed by atoms with Crippen LogP contribution in [-0.4, -0.2) is 30.0 Å². The molecular formula is C13H12O5S3. The second-order valence-electron chi connectivity index (χ2n) is 4.30. The van der Waals surface area contributed by atoms with E-state index in [0.717, 1.165) is 17.6 Å². The second-order valence-corrected chi connectivity index (χ2v) is 8.94. The number of hydrogen-bond donors (Lipinski definition) is 1. The minimum absolute atomic E-state index is 0.174. The standard InChI is InChI=1S/C13H12O5S3/c1-21(17,18)11-5-3-10(4-6-11)20(16)8-9-2-7-12(19-9)13(14)15/h2-7H,8H2,1H3,(H,14,15). The Morgan fingerprint density at radius 3 is 2.29 bits per heavy atom. The van der Waals surface area contributed by atoms with Gasteiger partial charge in [0.25, 0.3) is 0 Å². The van der Waals surface area contributed by atoms with Gasteiger partial charge in [0.05, 0.1) is 21.4 Å². The molecule has 1 N–H and O–H groups in total. The summed E-state index contributed by atoms with van der Waals surface area (Å²) in [7, 11) is -4.62. The SMILES string of the molecule is CS(=O)(=O)c1ccc(S(=O)Cc2ccc(C(=O)O)s2)cc1. The van der Waals surface area contributed by atoms with E-state index in [4.69, 9.17) is 5.11 Å². The summed E-state index contributed by atoms with van der Waals surface area (Å²) in [6.45, 7) is 0. The first-order valence-electron chi connectivity index (χ1n) is 5.78. The molecule has 1 aromatic carbocycles. The molecule has 0 amide bonds. The van der Waals surface area contributed by atoms with Crippen LogP contribution in [0.1, 0.15) is 14.5 Å². The number of rotatable bonds is 5. The van der Waals surface area contributed by atoms with Crippen molar-refractivity contribution in [3.8, 4) is 0 Å². The third-order valence-corrected chi connectivity index (χ3v) is 6.42. The van der Waals surface area contributed by atoms with Gasteiger partial charge < -0.3 is 5.11 Å². The van der Waals surface area contributed by atoms with Gasteiger partial charge in [0.2, 0.25) is 0 Å². The Kier molecular flexibility index (Phi) is 4.60. The minimum Gasteiger partial charge on any atom is -0.477 e. The molecule has 0 aliphatic carbocycles. The fourth-order valence-corrected chi connectivity index (χ4v) is 4.41. The zero-order valence-corrected chi connectivity index (χ0v) is 13.4. The summed E-state index contributed by atoms with van der Waals surface area (Å²) in [5.41, 5.74) is 0. The lowest BCUT2D eigenvalue weighted by Crippen LogP contribution is -1.99. The highest BCUT2D eigenvalue weighted by molar-refractivity contribution is 7.90. The lowest BCUT2D eigenvalue weighted by atomic mass is 10.4. The quantitative estimate of drug-likeness (QED) is 0.898. The van der Waals surface area contributed by atoms with Crippen molar-refractivity contribution < 1.29 is 22.5 Å². The largest absolute Gasteiger partial charge is 0.477 e. The van der Waals surface area contributed by atoms with Crippen LogP contribution in [0.2, 0.25) is 0 Å². The Hall–Kier alpha value is -1.51. The first-order chi connectivity index (χ1) is 9.77. The average molecular weight is 344 g/mol. The highest BCUT2D eigenvalue weighted by atomic mass is 32.2. The van der Waals surface area contributed by atoms with Gasteiger partial charge in [0.1, 0.15) is 4.88 Å². The molecule has 2 aromatic rings. The van der Waals surface area contributed by atoms with Gasteiger partial charge in [-0.1, -0.05) is 0 Å². The molecule has 1 aromatic heterocycles. The maximum Gasteiger partial charge on any atom is 0.345 e. The molecule has 1 heterocycles. The molecule has 5 nitrogen and oxygen atoms in total. The summed E-state index contributed by atoms with van der Waals surface area (Å²) in [6, 6.07) is 8.97. The van der Waals surface area contributed by atoms with Gasteiger partial charge in [-0.3, -0.25) is 4.21 Å². The minimum atomic E-state index is -3.27. The Balaban J connectivity index is 2.14. The van der Waals surface area contributed by atoms with E-state index in [1.807, 2.05) is 0 Å². The number of carboxylic acids is 1. The lowest BCUT2D eigenvalue weighted by Gasteiger charge is -2.02. The van der Waals surface area contributed by atoms with Crippen LogP contribution in [0.25, 0.3) is 0 Å². The molecule has 0 radical (unpaired) electrons. The molecule has 0 saturated carbocycles. The predicted molar refractivity (Wildman–Crippen MR) is 80.9 cm³/mol. The van der Waals surface area contributed by atoms with Gasteiger partial charge in [-0.2, -0.15) is 0 Å². The van der Waals surface area contributed by atoms with Crippen LogP contribution in [0.3, 0.4) is 0 Å². The predicted octanol–water partition coefficient (Wildman–Crippen LogP) is 2.16. The van der Waals surface area contributed by atoms with E-state index in [1.165, 1.54) is 30.3 Å². The van der Waals surface area contributed by atoms with Crippen molar-refractivity contribution in [3.63, 3.8) is 0 Å². The topological polar surface area (TPSA) is 88.5 Å². The lowest BCUT2D eigenvalue weighted by molar-refractivity contribution is 0.0702. The molecule has 2 rings (SSSR count). The fourth-order valence-electron chi connectivity index (χ4n) is 1.62. The number of thiophene rings is 1. The molecule has 8 heteroatoms. The van der Waals surface area contributed by atoms with Gasteiger partial charge in [0, 0.05) is 16.0 Å². The molecule has 1 atom stereocenters. The number of carboxylic acid groups (broad SMARTS) is 1. The fraction of sp³-hybridized carbons (Fsp3) is 0.154. The molecule has 0 aliphatic rings. The number of benzene rings is 1. The zero-order valence-electron chi connectivity index (χ0n) is 11.0. The van der Waals surface area contributed by atoms with E-state index in [-0.39, 0.29) is 15.5 Å². The first kappa shape index (κ1) is 15.9. The third kappa shape index (κ3) is 3.99. The molecule has 0 aliphatic heterocycles. The summed E-state index contributed by atoms with van der Waals surface area (Å²) in [4.78, 5) is 12.4. The smallest absolute Gasteiger partial charge is 0.345 e. The van der Waals surface area contributed by atoms with Crippen LogP contribution in [0.4, 0.5) is 0 Å². The van der Waals surface area contributed by atoms with Crippen molar-refractivity contribution in [3.05, 3.63) is 46.2 Å². The van der Waals surface area contributed by atoms with Crippen molar-refractivity contribution in [1.29, 1.82) is 0 Å². The van der Waals surface area contributed by atoms with Crippen molar-refractivity contribution in [2.45, 2.75) is 15.5 Å². The van der Waals surface area contributed by atoms with Crippen molar-refractivity contribution in [1.82, 2.24) is 0 Å². The first-order valence-corrected chi connectivity index (χ1v) is 9.80. The van der Waals surface area contributed by atoms with Crippen LogP contribution in [0.5, 0.6) is 0 Å². The molecule has 1 unspecified atom stereocenters. The van der Waals surface area contributed by atoms with Crippen LogP contribution in [-0.2, 0) is 26.4 Å². The van der Waals surface area contributed by atoms with E-state index in [1.54, 1.807) is 6.07 Å². The van der Waals surface area contributed by atoms with Crippen LogP contribution in [0, 0.1) is 0 Å². The van der Waals surface area contributed by atoms with Gasteiger partial charge >= 0.3 is 5.97 Å². The summed E-state index contributed by atoms with van der Waals surface area (Å²) >= 11 is 1.08. The average Bonchev–Trinajstić information content (AvgIpc) is 2.86. The van der Waals surface area contributed by atoms with Crippen molar-refractivity contribution in [2.24, 2.45) is 0 Å². The van der Waals surface area contributed by atoms with Gasteiger partial charge in [0.15, 0.2) is 9.84 Å². The summed E-state index contributed by atoms with van der Waals surface area (Å²) in [5.74, 6) is -0.801. The van der Waals surface area contributed by atoms with Crippen LogP contribution >= 0.6 is 11.3 Å². The van der Waals surface area contributed by atoms with Gasteiger partial charge in [-0.15, -0.1) is 11.3 Å². The second kappa shape index (κ2) is 6.08. The Labute approximate surface area is 128 Å². The van der Waals surface area contributed by atoms with Gasteiger partial charge in [-0.05, 0) is 36.4 Å². The van der Waals surface area contributed by atoms with E-state index < -0.39 is 26.6 Å². The number of hydrogen-bond acceptors (Lipinski definition) is 5. The van der Waals surface area contributed by atoms with Crippen LogP contribution < -0.4 is 0 Å².